The van der Waals surface area contributed by atoms with Crippen LogP contribution >= 0.6 is 23.6 Å². The topological polar surface area (TPSA) is 62.7 Å². The molecule has 148 valence electrons. The first-order valence-electron chi connectivity index (χ1n) is 9.31. The van der Waals surface area contributed by atoms with Gasteiger partial charge in [-0.05, 0) is 36.0 Å². The molecular formula is C21H26N4OS2. The second kappa shape index (κ2) is 8.41. The van der Waals surface area contributed by atoms with Crippen LogP contribution in [0.25, 0.3) is 11.4 Å². The summed E-state index contributed by atoms with van der Waals surface area (Å²) in [5.41, 5.74) is 2.09. The molecular weight excluding hydrogens is 388 g/mol. The molecule has 1 aromatic carbocycles. The highest BCUT2D eigenvalue weighted by Crippen LogP contribution is 2.35. The van der Waals surface area contributed by atoms with Crippen molar-refractivity contribution in [3.05, 3.63) is 57.0 Å². The molecule has 1 unspecified atom stereocenters. The van der Waals surface area contributed by atoms with E-state index in [1.807, 2.05) is 47.2 Å². The Morgan fingerprint density at radius 1 is 1.29 bits per heavy atom. The number of rotatable bonds is 6. The van der Waals surface area contributed by atoms with Crippen molar-refractivity contribution in [3.8, 4) is 11.4 Å². The summed E-state index contributed by atoms with van der Waals surface area (Å²) in [5, 5.41) is 12.4. The molecule has 0 fully saturated rings. The molecule has 0 bridgehead atoms. The normalized spacial score (nSPS) is 12.7. The second-order valence-electron chi connectivity index (χ2n) is 8.00. The zero-order valence-electron chi connectivity index (χ0n) is 16.7. The van der Waals surface area contributed by atoms with Gasteiger partial charge in [-0.15, -0.1) is 11.3 Å². The molecule has 0 saturated heterocycles. The van der Waals surface area contributed by atoms with Crippen LogP contribution < -0.4 is 5.32 Å². The fourth-order valence-electron chi connectivity index (χ4n) is 3.06. The second-order valence-corrected chi connectivity index (χ2v) is 9.37. The molecule has 0 aliphatic heterocycles. The molecule has 3 aromatic rings. The third kappa shape index (κ3) is 4.77. The van der Waals surface area contributed by atoms with Crippen LogP contribution in [0.1, 0.15) is 43.7 Å². The van der Waals surface area contributed by atoms with Crippen LogP contribution in [0.5, 0.6) is 0 Å². The number of H-pyrrole nitrogens is 1. The van der Waals surface area contributed by atoms with E-state index >= 15 is 0 Å². The van der Waals surface area contributed by atoms with Gasteiger partial charge in [-0.1, -0.05) is 56.7 Å². The Hall–Kier alpha value is -2.25. The summed E-state index contributed by atoms with van der Waals surface area (Å²) in [6.07, 6.45) is 0.338. The average molecular weight is 415 g/mol. The molecule has 2 heterocycles. The van der Waals surface area contributed by atoms with Crippen molar-refractivity contribution in [1.29, 1.82) is 0 Å². The molecule has 7 heteroatoms. The van der Waals surface area contributed by atoms with Gasteiger partial charge in [-0.2, -0.15) is 5.10 Å². The largest absolute Gasteiger partial charge is 0.348 e. The summed E-state index contributed by atoms with van der Waals surface area (Å²) < 4.78 is 2.41. The number of hydrogen-bond donors (Lipinski definition) is 2. The summed E-state index contributed by atoms with van der Waals surface area (Å²) in [4.78, 5) is 13.9. The number of aryl methyl sites for hydroxylation is 1. The van der Waals surface area contributed by atoms with Crippen LogP contribution in [-0.2, 0) is 11.3 Å². The molecule has 28 heavy (non-hydrogen) atoms. The van der Waals surface area contributed by atoms with Gasteiger partial charge in [-0.3, -0.25) is 14.5 Å². The minimum absolute atomic E-state index is 0.00582. The Morgan fingerprint density at radius 2 is 2.00 bits per heavy atom. The summed E-state index contributed by atoms with van der Waals surface area (Å²) in [5.74, 6) is 0.759. The van der Waals surface area contributed by atoms with Gasteiger partial charge < -0.3 is 5.32 Å². The first-order chi connectivity index (χ1) is 13.3. The van der Waals surface area contributed by atoms with Crippen molar-refractivity contribution < 1.29 is 4.79 Å². The summed E-state index contributed by atoms with van der Waals surface area (Å²) in [7, 11) is 0. The standard InChI is InChI=1S/C21H26N4OS2/c1-14-7-9-15(10-8-14)19-23-24-20(27)25(19)12-11-17(26)22-18(21(2,3)4)16-6-5-13-28-16/h5-10,13,18H,11-12H2,1-4H3,(H,22,26)(H,24,27). The number of aromatic nitrogens is 3. The summed E-state index contributed by atoms with van der Waals surface area (Å²) >= 11 is 7.04. The van der Waals surface area contributed by atoms with Crippen molar-refractivity contribution >= 4 is 29.5 Å². The Balaban J connectivity index is 1.72. The lowest BCUT2D eigenvalue weighted by Gasteiger charge is -2.30. The van der Waals surface area contributed by atoms with E-state index in [-0.39, 0.29) is 17.4 Å². The molecule has 0 radical (unpaired) electrons. The lowest BCUT2D eigenvalue weighted by atomic mass is 9.85. The number of amides is 1. The smallest absolute Gasteiger partial charge is 0.222 e. The van der Waals surface area contributed by atoms with Crippen LogP contribution in [0.2, 0.25) is 0 Å². The van der Waals surface area contributed by atoms with Crippen molar-refractivity contribution in [2.24, 2.45) is 5.41 Å². The first-order valence-corrected chi connectivity index (χ1v) is 10.6. The fraction of sp³-hybridized carbons (Fsp3) is 0.381. The zero-order valence-corrected chi connectivity index (χ0v) is 18.3. The van der Waals surface area contributed by atoms with Crippen molar-refractivity contribution in [1.82, 2.24) is 20.1 Å². The van der Waals surface area contributed by atoms with E-state index in [1.165, 1.54) is 10.4 Å². The Kier molecular flexibility index (Phi) is 6.15. The molecule has 1 atom stereocenters. The quantitative estimate of drug-likeness (QED) is 0.540. The number of nitrogens with zero attached hydrogens (tertiary/aromatic N) is 2. The molecule has 1 amide bonds. The SMILES string of the molecule is Cc1ccc(-c2n[nH]c(=S)n2CCC(=O)NC(c2cccs2)C(C)(C)C)cc1. The van der Waals surface area contributed by atoms with E-state index in [4.69, 9.17) is 12.2 Å². The predicted molar refractivity (Wildman–Crippen MR) is 117 cm³/mol. The van der Waals surface area contributed by atoms with Gasteiger partial charge in [0, 0.05) is 23.4 Å². The van der Waals surface area contributed by atoms with E-state index < -0.39 is 0 Å². The van der Waals surface area contributed by atoms with Crippen molar-refractivity contribution in [2.45, 2.75) is 46.7 Å². The van der Waals surface area contributed by atoms with Crippen molar-refractivity contribution in [3.63, 3.8) is 0 Å². The van der Waals surface area contributed by atoms with Gasteiger partial charge in [0.25, 0.3) is 0 Å². The van der Waals surface area contributed by atoms with E-state index in [1.54, 1.807) is 11.3 Å². The first kappa shape index (κ1) is 20.5. The van der Waals surface area contributed by atoms with E-state index in [0.717, 1.165) is 11.4 Å². The van der Waals surface area contributed by atoms with Crippen molar-refractivity contribution in [2.75, 3.05) is 0 Å². The molecule has 3 rings (SSSR count). The third-order valence-corrected chi connectivity index (χ3v) is 5.88. The molecule has 0 aliphatic carbocycles. The predicted octanol–water partition coefficient (Wildman–Crippen LogP) is 5.27. The number of hydrogen-bond acceptors (Lipinski definition) is 4. The number of aromatic amines is 1. The fourth-order valence-corrected chi connectivity index (χ4v) is 4.31. The molecule has 2 N–H and O–H groups in total. The Bertz CT molecular complexity index is 979. The van der Waals surface area contributed by atoms with Gasteiger partial charge in [0.2, 0.25) is 5.91 Å². The summed E-state index contributed by atoms with van der Waals surface area (Å²) in [6.45, 7) is 8.94. The average Bonchev–Trinajstić information content (AvgIpc) is 3.28. The highest BCUT2D eigenvalue weighted by atomic mass is 32.1. The van der Waals surface area contributed by atoms with Gasteiger partial charge in [0.05, 0.1) is 6.04 Å². The molecule has 0 aliphatic rings. The third-order valence-electron chi connectivity index (χ3n) is 4.63. The Morgan fingerprint density at radius 3 is 2.61 bits per heavy atom. The van der Waals surface area contributed by atoms with Gasteiger partial charge in [-0.25, -0.2) is 0 Å². The summed E-state index contributed by atoms with van der Waals surface area (Å²) in [6, 6.07) is 12.2. The van der Waals surface area contributed by atoms with E-state index in [0.29, 0.717) is 17.7 Å². The number of nitrogens with one attached hydrogen (secondary N) is 2. The minimum Gasteiger partial charge on any atom is -0.348 e. The molecule has 5 nitrogen and oxygen atoms in total. The zero-order chi connectivity index (χ0) is 20.3. The maximum absolute atomic E-state index is 12.7. The van der Waals surface area contributed by atoms with Gasteiger partial charge in [0.1, 0.15) is 0 Å². The minimum atomic E-state index is -0.0699. The van der Waals surface area contributed by atoms with Crippen LogP contribution in [-0.4, -0.2) is 20.7 Å². The van der Waals surface area contributed by atoms with Gasteiger partial charge in [0.15, 0.2) is 10.6 Å². The molecule has 0 saturated carbocycles. The Labute approximate surface area is 174 Å². The lowest BCUT2D eigenvalue weighted by Crippen LogP contribution is -2.36. The highest BCUT2D eigenvalue weighted by molar-refractivity contribution is 7.71. The van der Waals surface area contributed by atoms with Crippen LogP contribution in [0, 0.1) is 17.1 Å². The van der Waals surface area contributed by atoms with E-state index in [2.05, 4.69) is 42.4 Å². The van der Waals surface area contributed by atoms with Gasteiger partial charge >= 0.3 is 0 Å². The molecule has 0 spiro atoms. The van der Waals surface area contributed by atoms with Crippen LogP contribution in [0.3, 0.4) is 0 Å². The number of carbonyl (C=O) groups is 1. The van der Waals surface area contributed by atoms with E-state index in [9.17, 15) is 4.79 Å². The number of carbonyl (C=O) groups excluding carboxylic acids is 1. The lowest BCUT2D eigenvalue weighted by molar-refractivity contribution is -0.122. The number of thiophene rings is 1. The van der Waals surface area contributed by atoms with Crippen LogP contribution in [0.15, 0.2) is 41.8 Å². The van der Waals surface area contributed by atoms with Crippen LogP contribution in [0.4, 0.5) is 0 Å². The number of benzene rings is 1. The highest BCUT2D eigenvalue weighted by Gasteiger charge is 2.28. The maximum Gasteiger partial charge on any atom is 0.222 e. The monoisotopic (exact) mass is 414 g/mol. The molecule has 2 aromatic heterocycles. The maximum atomic E-state index is 12.7.